The molecule has 0 bridgehead atoms. The van der Waals surface area contributed by atoms with Crippen LogP contribution in [-0.4, -0.2) is 24.2 Å². The summed E-state index contributed by atoms with van der Waals surface area (Å²) in [6.07, 6.45) is 0. The molecular formula is C12H16BrN3OS. The standard InChI is InChI=1S/C12H16BrN3OS/c1-14-5-10-4-11(17-15-10)7-16(2)6-9-3-12(13)18-8-9/h3-4,8,14H,5-7H2,1-2H3. The van der Waals surface area contributed by atoms with Gasteiger partial charge in [0.25, 0.3) is 0 Å². The molecule has 0 spiro atoms. The molecule has 18 heavy (non-hydrogen) atoms. The summed E-state index contributed by atoms with van der Waals surface area (Å²) in [5.41, 5.74) is 2.25. The number of hydrogen-bond acceptors (Lipinski definition) is 5. The predicted molar refractivity (Wildman–Crippen MR) is 76.5 cm³/mol. The van der Waals surface area contributed by atoms with E-state index in [-0.39, 0.29) is 0 Å². The summed E-state index contributed by atoms with van der Waals surface area (Å²) in [4.78, 5) is 2.21. The van der Waals surface area contributed by atoms with Crippen molar-refractivity contribution in [1.29, 1.82) is 0 Å². The highest BCUT2D eigenvalue weighted by molar-refractivity contribution is 9.11. The van der Waals surface area contributed by atoms with E-state index in [0.29, 0.717) is 0 Å². The number of aromatic nitrogens is 1. The lowest BCUT2D eigenvalue weighted by Gasteiger charge is -2.13. The van der Waals surface area contributed by atoms with Crippen molar-refractivity contribution in [3.8, 4) is 0 Å². The lowest BCUT2D eigenvalue weighted by atomic mass is 10.3. The zero-order valence-electron chi connectivity index (χ0n) is 10.4. The summed E-state index contributed by atoms with van der Waals surface area (Å²) in [7, 11) is 3.97. The fourth-order valence-electron chi connectivity index (χ4n) is 1.76. The molecule has 98 valence electrons. The van der Waals surface area contributed by atoms with E-state index >= 15 is 0 Å². The molecule has 0 radical (unpaired) electrons. The first-order valence-electron chi connectivity index (χ1n) is 5.68. The molecule has 0 unspecified atom stereocenters. The van der Waals surface area contributed by atoms with Gasteiger partial charge in [-0.15, -0.1) is 11.3 Å². The van der Waals surface area contributed by atoms with E-state index in [4.69, 9.17) is 4.52 Å². The lowest BCUT2D eigenvalue weighted by Crippen LogP contribution is -2.16. The van der Waals surface area contributed by atoms with Crippen LogP contribution in [0.5, 0.6) is 0 Å². The number of rotatable bonds is 6. The molecule has 2 heterocycles. The smallest absolute Gasteiger partial charge is 0.151 e. The monoisotopic (exact) mass is 329 g/mol. The van der Waals surface area contributed by atoms with Crippen molar-refractivity contribution >= 4 is 27.3 Å². The third-order valence-electron chi connectivity index (χ3n) is 2.47. The Morgan fingerprint density at radius 2 is 2.28 bits per heavy atom. The summed E-state index contributed by atoms with van der Waals surface area (Å²) >= 11 is 5.18. The van der Waals surface area contributed by atoms with Crippen molar-refractivity contribution in [1.82, 2.24) is 15.4 Å². The number of nitrogens with one attached hydrogen (secondary N) is 1. The number of halogens is 1. The third kappa shape index (κ3) is 3.91. The highest BCUT2D eigenvalue weighted by Crippen LogP contribution is 2.21. The molecule has 4 nitrogen and oxygen atoms in total. The van der Waals surface area contributed by atoms with Gasteiger partial charge in [0.05, 0.1) is 16.0 Å². The van der Waals surface area contributed by atoms with Crippen molar-refractivity contribution in [3.05, 3.63) is 38.3 Å². The molecule has 0 aromatic carbocycles. The fourth-order valence-corrected chi connectivity index (χ4v) is 2.96. The van der Waals surface area contributed by atoms with Gasteiger partial charge >= 0.3 is 0 Å². The largest absolute Gasteiger partial charge is 0.360 e. The Morgan fingerprint density at radius 1 is 1.44 bits per heavy atom. The second kappa shape index (κ2) is 6.47. The molecule has 0 saturated carbocycles. The summed E-state index contributed by atoms with van der Waals surface area (Å²) < 4.78 is 6.46. The van der Waals surface area contributed by atoms with Crippen LogP contribution >= 0.6 is 27.3 Å². The molecule has 2 aromatic heterocycles. The van der Waals surface area contributed by atoms with Crippen LogP contribution < -0.4 is 5.32 Å². The van der Waals surface area contributed by atoms with Gasteiger partial charge in [-0.2, -0.15) is 0 Å². The molecule has 1 N–H and O–H groups in total. The number of nitrogens with zero attached hydrogens (tertiary/aromatic N) is 2. The third-order valence-corrected chi connectivity index (χ3v) is 4.02. The van der Waals surface area contributed by atoms with E-state index in [1.807, 2.05) is 13.1 Å². The number of hydrogen-bond donors (Lipinski definition) is 1. The Bertz CT molecular complexity index is 497. The molecule has 0 aliphatic carbocycles. The zero-order valence-corrected chi connectivity index (χ0v) is 12.8. The Balaban J connectivity index is 1.88. The van der Waals surface area contributed by atoms with Gasteiger partial charge in [0, 0.05) is 19.2 Å². The first-order chi connectivity index (χ1) is 8.67. The van der Waals surface area contributed by atoms with Crippen LogP contribution in [0.2, 0.25) is 0 Å². The average Bonchev–Trinajstić information content (AvgIpc) is 2.89. The van der Waals surface area contributed by atoms with Crippen LogP contribution in [0.4, 0.5) is 0 Å². The minimum absolute atomic E-state index is 0.741. The SMILES string of the molecule is CNCc1cc(CN(C)Cc2csc(Br)c2)on1. The van der Waals surface area contributed by atoms with Gasteiger partial charge < -0.3 is 9.84 Å². The van der Waals surface area contributed by atoms with Gasteiger partial charge in [-0.1, -0.05) is 5.16 Å². The highest BCUT2D eigenvalue weighted by atomic mass is 79.9. The minimum Gasteiger partial charge on any atom is -0.360 e. The molecule has 0 aliphatic heterocycles. The first-order valence-corrected chi connectivity index (χ1v) is 7.35. The molecule has 0 atom stereocenters. The van der Waals surface area contributed by atoms with Crippen LogP contribution in [0, 0.1) is 0 Å². The van der Waals surface area contributed by atoms with Crippen molar-refractivity contribution in [2.24, 2.45) is 0 Å². The van der Waals surface area contributed by atoms with E-state index in [0.717, 1.165) is 31.1 Å². The van der Waals surface area contributed by atoms with E-state index in [1.165, 1.54) is 9.35 Å². The Morgan fingerprint density at radius 3 is 2.94 bits per heavy atom. The lowest BCUT2D eigenvalue weighted by molar-refractivity contribution is 0.266. The Kier molecular flexibility index (Phi) is 4.94. The molecule has 0 aliphatic rings. The summed E-state index contributed by atoms with van der Waals surface area (Å²) in [6, 6.07) is 4.14. The van der Waals surface area contributed by atoms with Crippen LogP contribution in [0.15, 0.2) is 25.8 Å². The van der Waals surface area contributed by atoms with Gasteiger partial charge in [-0.25, -0.2) is 0 Å². The summed E-state index contributed by atoms with van der Waals surface area (Å²) in [6.45, 7) is 2.42. The molecule has 0 fully saturated rings. The summed E-state index contributed by atoms with van der Waals surface area (Å²) in [5.74, 6) is 0.900. The molecule has 6 heteroatoms. The van der Waals surface area contributed by atoms with Crippen molar-refractivity contribution in [2.75, 3.05) is 14.1 Å². The van der Waals surface area contributed by atoms with E-state index in [9.17, 15) is 0 Å². The van der Waals surface area contributed by atoms with Crippen molar-refractivity contribution in [3.63, 3.8) is 0 Å². The van der Waals surface area contributed by atoms with Gasteiger partial charge in [0.1, 0.15) is 0 Å². The predicted octanol–water partition coefficient (Wildman–Crippen LogP) is 2.85. The van der Waals surface area contributed by atoms with Crippen LogP contribution in [0.3, 0.4) is 0 Å². The van der Waals surface area contributed by atoms with Crippen LogP contribution in [0.1, 0.15) is 17.0 Å². The van der Waals surface area contributed by atoms with E-state index in [1.54, 1.807) is 11.3 Å². The minimum atomic E-state index is 0.741. The second-order valence-electron chi connectivity index (χ2n) is 4.25. The molecule has 2 aromatic rings. The maximum atomic E-state index is 5.29. The maximum Gasteiger partial charge on any atom is 0.151 e. The normalized spacial score (nSPS) is 11.3. The molecule has 0 amide bonds. The van der Waals surface area contributed by atoms with E-state index in [2.05, 4.69) is 49.8 Å². The second-order valence-corrected chi connectivity index (χ2v) is 6.54. The van der Waals surface area contributed by atoms with Crippen molar-refractivity contribution < 1.29 is 4.52 Å². The van der Waals surface area contributed by atoms with Gasteiger partial charge in [-0.05, 0) is 47.0 Å². The van der Waals surface area contributed by atoms with Gasteiger partial charge in [-0.3, -0.25) is 4.90 Å². The van der Waals surface area contributed by atoms with Gasteiger partial charge in [0.15, 0.2) is 5.76 Å². The quantitative estimate of drug-likeness (QED) is 0.884. The van der Waals surface area contributed by atoms with Crippen LogP contribution in [-0.2, 0) is 19.6 Å². The summed E-state index contributed by atoms with van der Waals surface area (Å²) in [5, 5.41) is 9.21. The Labute approximate surface area is 119 Å². The first kappa shape index (κ1) is 13.7. The molecular weight excluding hydrogens is 314 g/mol. The maximum absolute atomic E-state index is 5.29. The number of thiophene rings is 1. The van der Waals surface area contributed by atoms with Gasteiger partial charge in [0.2, 0.25) is 0 Å². The molecule has 2 rings (SSSR count). The van der Waals surface area contributed by atoms with Crippen LogP contribution in [0.25, 0.3) is 0 Å². The average molecular weight is 330 g/mol. The highest BCUT2D eigenvalue weighted by Gasteiger charge is 2.08. The van der Waals surface area contributed by atoms with Crippen molar-refractivity contribution in [2.45, 2.75) is 19.6 Å². The molecule has 0 saturated heterocycles. The Hall–Kier alpha value is -0.690. The van der Waals surface area contributed by atoms with E-state index < -0.39 is 0 Å². The zero-order chi connectivity index (χ0) is 13.0. The topological polar surface area (TPSA) is 41.3 Å². The fraction of sp³-hybridized carbons (Fsp3) is 0.417.